The largest absolute Gasteiger partial charge is 0.204 e. The Morgan fingerprint density at radius 1 is 0.800 bits per heavy atom. The lowest BCUT2D eigenvalue weighted by molar-refractivity contribution is 0.0429. The first-order valence-corrected chi connectivity index (χ1v) is 11.7. The average molecular weight is 415 g/mol. The summed E-state index contributed by atoms with van der Waals surface area (Å²) in [6.45, 7) is 2.39. The molecule has 2 saturated carbocycles. The van der Waals surface area contributed by atoms with Gasteiger partial charge in [-0.3, -0.25) is 0 Å². The quantitative estimate of drug-likeness (QED) is 0.430. The predicted molar refractivity (Wildman–Crippen MR) is 117 cm³/mol. The molecule has 2 aromatic carbocycles. The lowest BCUT2D eigenvalue weighted by Crippen LogP contribution is -2.36. The van der Waals surface area contributed by atoms with Crippen molar-refractivity contribution in [2.24, 2.45) is 17.3 Å². The average Bonchev–Trinajstić information content (AvgIpc) is 2.78. The fourth-order valence-corrected chi connectivity index (χ4v) is 5.89. The van der Waals surface area contributed by atoms with Crippen molar-refractivity contribution < 1.29 is 13.2 Å². The molecule has 0 amide bonds. The number of benzene rings is 2. The van der Waals surface area contributed by atoms with Crippen LogP contribution in [0.1, 0.15) is 76.7 Å². The van der Waals surface area contributed by atoms with E-state index in [9.17, 15) is 13.2 Å². The molecule has 0 unspecified atom stereocenters. The van der Waals surface area contributed by atoms with Gasteiger partial charge in [-0.15, -0.1) is 0 Å². The minimum absolute atomic E-state index is 0.373. The van der Waals surface area contributed by atoms with Crippen LogP contribution in [0.4, 0.5) is 13.2 Å². The molecule has 0 radical (unpaired) electrons. The van der Waals surface area contributed by atoms with Gasteiger partial charge in [0.2, 0.25) is 0 Å². The zero-order valence-corrected chi connectivity index (χ0v) is 18.0. The van der Waals surface area contributed by atoms with Crippen LogP contribution in [-0.4, -0.2) is 0 Å². The van der Waals surface area contributed by atoms with E-state index in [4.69, 9.17) is 0 Å². The van der Waals surface area contributed by atoms with Gasteiger partial charge in [-0.2, -0.15) is 0 Å². The molecule has 30 heavy (non-hydrogen) atoms. The van der Waals surface area contributed by atoms with Gasteiger partial charge in [0.1, 0.15) is 0 Å². The van der Waals surface area contributed by atoms with Crippen LogP contribution in [0.2, 0.25) is 0 Å². The fourth-order valence-electron chi connectivity index (χ4n) is 5.89. The number of hydrogen-bond acceptors (Lipinski definition) is 0. The Labute approximate surface area is 178 Å². The van der Waals surface area contributed by atoms with E-state index < -0.39 is 17.5 Å². The molecule has 0 atom stereocenters. The van der Waals surface area contributed by atoms with Gasteiger partial charge in [-0.1, -0.05) is 63.3 Å². The second-order valence-corrected chi connectivity index (χ2v) is 9.83. The second-order valence-electron chi connectivity index (χ2n) is 9.83. The Hall–Kier alpha value is -1.77. The highest BCUT2D eigenvalue weighted by molar-refractivity contribution is 5.63. The summed E-state index contributed by atoms with van der Waals surface area (Å²) < 4.78 is 40.4. The molecule has 4 rings (SSSR count). The van der Waals surface area contributed by atoms with Crippen molar-refractivity contribution in [3.8, 4) is 11.1 Å². The maximum Gasteiger partial charge on any atom is 0.194 e. The third-order valence-electron chi connectivity index (χ3n) is 7.92. The first-order valence-electron chi connectivity index (χ1n) is 11.7. The molecule has 2 fully saturated rings. The summed E-state index contributed by atoms with van der Waals surface area (Å²) in [5.74, 6) is -1.96. The fraction of sp³-hybridized carbons (Fsp3) is 0.556. The molecule has 0 saturated heterocycles. The summed E-state index contributed by atoms with van der Waals surface area (Å²) in [5.41, 5.74) is 2.85. The molecule has 162 valence electrons. The van der Waals surface area contributed by atoms with Gasteiger partial charge in [0.05, 0.1) is 0 Å². The normalized spacial score (nSPS) is 25.4. The van der Waals surface area contributed by atoms with Crippen LogP contribution in [0, 0.1) is 34.7 Å². The van der Waals surface area contributed by atoms with Crippen LogP contribution in [0.15, 0.2) is 36.4 Å². The molecule has 0 bridgehead atoms. The van der Waals surface area contributed by atoms with E-state index in [1.807, 2.05) is 12.1 Å². The second kappa shape index (κ2) is 9.16. The predicted octanol–water partition coefficient (Wildman–Crippen LogP) is 8.48. The van der Waals surface area contributed by atoms with Crippen LogP contribution in [0.25, 0.3) is 11.1 Å². The van der Waals surface area contributed by atoms with E-state index in [2.05, 4.69) is 19.1 Å². The van der Waals surface area contributed by atoms with E-state index in [0.717, 1.165) is 30.4 Å². The highest BCUT2D eigenvalue weighted by atomic mass is 19.2. The highest BCUT2D eigenvalue weighted by Gasteiger charge is 2.40. The summed E-state index contributed by atoms with van der Waals surface area (Å²) in [4.78, 5) is 0. The van der Waals surface area contributed by atoms with Crippen molar-refractivity contribution in [2.45, 2.75) is 77.6 Å². The zero-order chi connectivity index (χ0) is 21.1. The Bertz CT molecular complexity index is 818. The maximum atomic E-state index is 13.6. The molecule has 0 nitrogen and oxygen atoms in total. The maximum absolute atomic E-state index is 13.6. The topological polar surface area (TPSA) is 0 Å². The van der Waals surface area contributed by atoms with Crippen LogP contribution in [0.5, 0.6) is 0 Å². The van der Waals surface area contributed by atoms with E-state index in [1.165, 1.54) is 69.8 Å². The Morgan fingerprint density at radius 3 is 2.00 bits per heavy atom. The van der Waals surface area contributed by atoms with Crippen molar-refractivity contribution in [1.82, 2.24) is 0 Å². The van der Waals surface area contributed by atoms with Crippen LogP contribution in [0.3, 0.4) is 0 Å². The molecule has 0 spiro atoms. The molecular weight excluding hydrogens is 381 g/mol. The Morgan fingerprint density at radius 2 is 1.40 bits per heavy atom. The minimum atomic E-state index is -1.41. The number of rotatable bonds is 5. The molecule has 3 heteroatoms. The van der Waals surface area contributed by atoms with Gasteiger partial charge in [0.15, 0.2) is 17.5 Å². The summed E-state index contributed by atoms with van der Waals surface area (Å²) >= 11 is 0. The summed E-state index contributed by atoms with van der Waals surface area (Å²) in [5, 5.41) is 0. The lowest BCUT2D eigenvalue weighted by atomic mass is 9.58. The van der Waals surface area contributed by atoms with E-state index in [-0.39, 0.29) is 0 Å². The van der Waals surface area contributed by atoms with Gasteiger partial charge in [0.25, 0.3) is 0 Å². The molecular formula is C27H33F3. The van der Waals surface area contributed by atoms with Gasteiger partial charge < -0.3 is 0 Å². The highest BCUT2D eigenvalue weighted by Crippen LogP contribution is 2.52. The SMILES string of the molecule is CC1CCC(CCc2ccc(-c3cc(F)c(F)c(F)c3)cc2)(C2CCCCC2)CC1. The van der Waals surface area contributed by atoms with E-state index in [0.29, 0.717) is 16.5 Å². The van der Waals surface area contributed by atoms with Crippen molar-refractivity contribution >= 4 is 0 Å². The molecule has 0 aromatic heterocycles. The monoisotopic (exact) mass is 414 g/mol. The third kappa shape index (κ3) is 4.60. The number of hydrogen-bond donors (Lipinski definition) is 0. The molecule has 0 heterocycles. The molecule has 0 aliphatic heterocycles. The van der Waals surface area contributed by atoms with Crippen LogP contribution >= 0.6 is 0 Å². The van der Waals surface area contributed by atoms with Gasteiger partial charge in [0, 0.05) is 0 Å². The van der Waals surface area contributed by atoms with Crippen LogP contribution < -0.4 is 0 Å². The summed E-state index contributed by atoms with van der Waals surface area (Å²) in [7, 11) is 0. The van der Waals surface area contributed by atoms with Gasteiger partial charge >= 0.3 is 0 Å². The smallest absolute Gasteiger partial charge is 0.194 e. The van der Waals surface area contributed by atoms with E-state index >= 15 is 0 Å². The summed E-state index contributed by atoms with van der Waals surface area (Å²) in [6.07, 6.45) is 14.7. The van der Waals surface area contributed by atoms with Crippen molar-refractivity contribution in [1.29, 1.82) is 0 Å². The van der Waals surface area contributed by atoms with Gasteiger partial charge in [-0.05, 0) is 84.6 Å². The van der Waals surface area contributed by atoms with Crippen molar-refractivity contribution in [2.75, 3.05) is 0 Å². The molecule has 2 aliphatic rings. The summed E-state index contributed by atoms with van der Waals surface area (Å²) in [6, 6.07) is 10.1. The molecule has 2 aliphatic carbocycles. The zero-order valence-electron chi connectivity index (χ0n) is 18.0. The van der Waals surface area contributed by atoms with Crippen LogP contribution in [-0.2, 0) is 6.42 Å². The molecule has 0 N–H and O–H groups in total. The lowest BCUT2D eigenvalue weighted by Gasteiger charge is -2.47. The Balaban J connectivity index is 1.47. The first-order chi connectivity index (χ1) is 14.5. The standard InChI is InChI=1S/C27H33F3/c1-19-11-14-27(15-12-19,23-5-3-2-4-6-23)16-13-20-7-9-21(10-8-20)22-17-24(28)26(30)25(29)18-22/h7-10,17-19,23H,2-6,11-16H2,1H3. The van der Waals surface area contributed by atoms with E-state index in [1.54, 1.807) is 0 Å². The van der Waals surface area contributed by atoms with Gasteiger partial charge in [-0.25, -0.2) is 13.2 Å². The Kier molecular flexibility index (Phi) is 6.55. The van der Waals surface area contributed by atoms with Crippen molar-refractivity contribution in [3.05, 3.63) is 59.4 Å². The number of halogens is 3. The molecule has 2 aromatic rings. The van der Waals surface area contributed by atoms with Crippen molar-refractivity contribution in [3.63, 3.8) is 0 Å². The third-order valence-corrected chi connectivity index (χ3v) is 7.92. The number of aryl methyl sites for hydroxylation is 1. The minimum Gasteiger partial charge on any atom is -0.204 e. The first kappa shape index (κ1) is 21.5.